The van der Waals surface area contributed by atoms with Crippen molar-refractivity contribution in [1.29, 1.82) is 0 Å². The monoisotopic (exact) mass is 153 g/mol. The summed E-state index contributed by atoms with van der Waals surface area (Å²) in [5, 5.41) is 11.6. The molecule has 0 aromatic carbocycles. The van der Waals surface area contributed by atoms with Gasteiger partial charge in [-0.05, 0) is 18.1 Å². The van der Waals surface area contributed by atoms with E-state index in [-0.39, 0.29) is 6.61 Å². The van der Waals surface area contributed by atoms with Crippen molar-refractivity contribution in [3.05, 3.63) is 36.6 Å². The van der Waals surface area contributed by atoms with Gasteiger partial charge in [-0.25, -0.2) is 0 Å². The summed E-state index contributed by atoms with van der Waals surface area (Å²) in [7, 11) is 1.82. The van der Waals surface area contributed by atoms with Crippen LogP contribution in [-0.4, -0.2) is 18.8 Å². The summed E-state index contributed by atoms with van der Waals surface area (Å²) in [6.45, 7) is 7.41. The van der Waals surface area contributed by atoms with Gasteiger partial charge in [-0.2, -0.15) is 0 Å². The zero-order valence-electron chi connectivity index (χ0n) is 6.93. The minimum absolute atomic E-state index is 0.139. The molecule has 0 unspecified atom stereocenters. The summed E-state index contributed by atoms with van der Waals surface area (Å²) in [6.07, 6.45) is 4.06. The van der Waals surface area contributed by atoms with E-state index in [1.165, 1.54) is 0 Å². The first-order valence-electron chi connectivity index (χ1n) is 3.56. The van der Waals surface area contributed by atoms with Crippen LogP contribution in [0.4, 0.5) is 0 Å². The molecule has 2 nitrogen and oxygen atoms in total. The van der Waals surface area contributed by atoms with Gasteiger partial charge in [0.2, 0.25) is 0 Å². The molecule has 0 saturated carbocycles. The highest BCUT2D eigenvalue weighted by Gasteiger charge is 1.96. The van der Waals surface area contributed by atoms with Crippen LogP contribution in [0.2, 0.25) is 0 Å². The molecule has 0 bridgehead atoms. The molecule has 0 aromatic rings. The van der Waals surface area contributed by atoms with Gasteiger partial charge >= 0.3 is 0 Å². The first-order valence-corrected chi connectivity index (χ1v) is 3.56. The fourth-order valence-corrected chi connectivity index (χ4v) is 0.861. The number of hydrogen-bond acceptors (Lipinski definition) is 2. The molecular formula is C9H15NO. The molecule has 0 radical (unpaired) electrons. The molecule has 0 aromatic heterocycles. The van der Waals surface area contributed by atoms with Gasteiger partial charge in [-0.15, -0.1) is 0 Å². The van der Waals surface area contributed by atoms with Crippen LogP contribution in [0.25, 0.3) is 0 Å². The molecule has 11 heavy (non-hydrogen) atoms. The third-order valence-electron chi connectivity index (χ3n) is 1.45. The van der Waals surface area contributed by atoms with Crippen LogP contribution in [0.3, 0.4) is 0 Å². The number of aliphatic hydroxyl groups excluding tert-OH is 1. The van der Waals surface area contributed by atoms with Gasteiger partial charge in [0.25, 0.3) is 0 Å². The van der Waals surface area contributed by atoms with Crippen molar-refractivity contribution in [1.82, 2.24) is 5.32 Å². The van der Waals surface area contributed by atoms with Gasteiger partial charge in [0.05, 0.1) is 0 Å². The van der Waals surface area contributed by atoms with Gasteiger partial charge < -0.3 is 10.4 Å². The van der Waals surface area contributed by atoms with E-state index in [1.807, 2.05) is 7.05 Å². The van der Waals surface area contributed by atoms with E-state index < -0.39 is 0 Å². The molecule has 0 atom stereocenters. The molecule has 0 amide bonds. The van der Waals surface area contributed by atoms with E-state index in [2.05, 4.69) is 18.5 Å². The van der Waals surface area contributed by atoms with Crippen molar-refractivity contribution in [2.45, 2.75) is 6.42 Å². The minimum atomic E-state index is 0.139. The maximum absolute atomic E-state index is 8.66. The van der Waals surface area contributed by atoms with E-state index in [1.54, 1.807) is 12.2 Å². The zero-order chi connectivity index (χ0) is 8.69. The Labute approximate surface area is 67.9 Å². The molecule has 0 aliphatic carbocycles. The Balaban J connectivity index is 4.46. The first kappa shape index (κ1) is 9.98. The lowest BCUT2D eigenvalue weighted by Crippen LogP contribution is -2.06. The fourth-order valence-electron chi connectivity index (χ4n) is 0.861. The summed E-state index contributed by atoms with van der Waals surface area (Å²) < 4.78 is 0. The third-order valence-corrected chi connectivity index (χ3v) is 1.45. The summed E-state index contributed by atoms with van der Waals surface area (Å²) in [6, 6.07) is 0. The van der Waals surface area contributed by atoms with Crippen molar-refractivity contribution in [3.63, 3.8) is 0 Å². The number of hydrogen-bond donors (Lipinski definition) is 2. The normalized spacial score (nSPS) is 11.8. The molecule has 2 heteroatoms. The predicted molar refractivity (Wildman–Crippen MR) is 48.2 cm³/mol. The Morgan fingerprint density at radius 1 is 1.45 bits per heavy atom. The maximum atomic E-state index is 8.66. The Bertz CT molecular complexity index is 170. The predicted octanol–water partition coefficient (Wildman–Crippen LogP) is 1.21. The van der Waals surface area contributed by atoms with Crippen LogP contribution in [0, 0.1) is 0 Å². The van der Waals surface area contributed by atoms with Crippen LogP contribution in [-0.2, 0) is 0 Å². The average Bonchev–Trinajstić information content (AvgIpc) is 2.05. The molecule has 0 fully saturated rings. The molecule has 0 saturated heterocycles. The van der Waals surface area contributed by atoms with Crippen molar-refractivity contribution >= 4 is 0 Å². The maximum Gasteiger partial charge on any atom is 0.0472 e. The minimum Gasteiger partial charge on any atom is -0.396 e. The Morgan fingerprint density at radius 3 is 2.36 bits per heavy atom. The number of likely N-dealkylation sites (N-methyl/N-ethyl adjacent to an activating group) is 1. The second-order valence-electron chi connectivity index (χ2n) is 2.07. The van der Waals surface area contributed by atoms with Crippen LogP contribution in [0.5, 0.6) is 0 Å². The van der Waals surface area contributed by atoms with Gasteiger partial charge in [0.15, 0.2) is 0 Å². The van der Waals surface area contributed by atoms with Gasteiger partial charge in [0, 0.05) is 19.4 Å². The van der Waals surface area contributed by atoms with Gasteiger partial charge in [-0.1, -0.05) is 19.2 Å². The fraction of sp³-hybridized carbons (Fsp3) is 0.333. The highest BCUT2D eigenvalue weighted by molar-refractivity contribution is 5.29. The van der Waals surface area contributed by atoms with Crippen molar-refractivity contribution in [2.24, 2.45) is 0 Å². The Morgan fingerprint density at radius 2 is 2.09 bits per heavy atom. The topological polar surface area (TPSA) is 32.3 Å². The molecular weight excluding hydrogens is 138 g/mol. The van der Waals surface area contributed by atoms with Gasteiger partial charge in [0.1, 0.15) is 0 Å². The lowest BCUT2D eigenvalue weighted by Gasteiger charge is -2.06. The highest BCUT2D eigenvalue weighted by Crippen LogP contribution is 2.07. The molecule has 2 N–H and O–H groups in total. The van der Waals surface area contributed by atoms with Gasteiger partial charge in [-0.3, -0.25) is 0 Å². The van der Waals surface area contributed by atoms with Crippen molar-refractivity contribution in [3.8, 4) is 0 Å². The number of nitrogens with one attached hydrogen (secondary N) is 1. The molecule has 0 aliphatic rings. The molecule has 0 spiro atoms. The number of allylic oxidation sites excluding steroid dienone is 2. The summed E-state index contributed by atoms with van der Waals surface area (Å²) in [5.74, 6) is 0. The number of aliphatic hydroxyl groups is 1. The standard InChI is InChI=1S/C9H15NO/c1-4-8(6-7-11)9(5-2)10-3/h4-5,10-11H,1-2,6-7H2,3H3/b9-8-. The Hall–Kier alpha value is -1.02. The van der Waals surface area contributed by atoms with E-state index in [9.17, 15) is 0 Å². The lowest BCUT2D eigenvalue weighted by atomic mass is 10.1. The second kappa shape index (κ2) is 5.74. The van der Waals surface area contributed by atoms with E-state index >= 15 is 0 Å². The molecule has 62 valence electrons. The average molecular weight is 153 g/mol. The highest BCUT2D eigenvalue weighted by atomic mass is 16.2. The summed E-state index contributed by atoms with van der Waals surface area (Å²) >= 11 is 0. The summed E-state index contributed by atoms with van der Waals surface area (Å²) in [5.41, 5.74) is 1.92. The second-order valence-corrected chi connectivity index (χ2v) is 2.07. The quantitative estimate of drug-likeness (QED) is 0.582. The zero-order valence-corrected chi connectivity index (χ0v) is 6.93. The Kier molecular flexibility index (Phi) is 5.21. The number of rotatable bonds is 5. The SMILES string of the molecule is C=C/C(CCO)=C(\C=C)NC. The molecule has 0 heterocycles. The van der Waals surface area contributed by atoms with Crippen LogP contribution in [0.1, 0.15) is 6.42 Å². The van der Waals surface area contributed by atoms with Crippen molar-refractivity contribution in [2.75, 3.05) is 13.7 Å². The van der Waals surface area contributed by atoms with Crippen LogP contribution >= 0.6 is 0 Å². The van der Waals surface area contributed by atoms with E-state index in [0.717, 1.165) is 11.3 Å². The first-order chi connectivity index (χ1) is 5.29. The molecule has 0 aliphatic heterocycles. The largest absolute Gasteiger partial charge is 0.396 e. The van der Waals surface area contributed by atoms with Crippen LogP contribution in [0.15, 0.2) is 36.6 Å². The smallest absolute Gasteiger partial charge is 0.0472 e. The third kappa shape index (κ3) is 3.05. The van der Waals surface area contributed by atoms with Crippen molar-refractivity contribution < 1.29 is 5.11 Å². The van der Waals surface area contributed by atoms with Crippen LogP contribution < -0.4 is 5.32 Å². The molecule has 0 rings (SSSR count). The van der Waals surface area contributed by atoms with E-state index in [0.29, 0.717) is 6.42 Å². The van der Waals surface area contributed by atoms with E-state index in [4.69, 9.17) is 5.11 Å². The summed E-state index contributed by atoms with van der Waals surface area (Å²) in [4.78, 5) is 0. The lowest BCUT2D eigenvalue weighted by molar-refractivity contribution is 0.300.